The van der Waals surface area contributed by atoms with Gasteiger partial charge in [0.05, 0.1) is 7.05 Å². The van der Waals surface area contributed by atoms with Crippen molar-refractivity contribution in [2.45, 2.75) is 33.9 Å². The van der Waals surface area contributed by atoms with E-state index in [9.17, 15) is 0 Å². The second kappa shape index (κ2) is 16.8. The lowest BCUT2D eigenvalue weighted by Gasteiger charge is -2.10. The van der Waals surface area contributed by atoms with Gasteiger partial charge < -0.3 is 14.5 Å². The minimum absolute atomic E-state index is 0.987. The molecule has 4 rings (SSSR count). The fourth-order valence-electron chi connectivity index (χ4n) is 5.33. The number of aromatic nitrogens is 2. The van der Waals surface area contributed by atoms with E-state index in [2.05, 4.69) is 126 Å². The van der Waals surface area contributed by atoms with E-state index in [1.807, 2.05) is 52.8 Å². The quantitative estimate of drug-likeness (QED) is 0.0667. The Hall–Kier alpha value is -3.71. The maximum absolute atomic E-state index is 5.40. The van der Waals surface area contributed by atoms with Gasteiger partial charge in [0.25, 0.3) is 0 Å². The number of nitrogens with two attached hydrogens (primary N) is 2. The van der Waals surface area contributed by atoms with Gasteiger partial charge in [-0.3, -0.25) is 5.41 Å². The molecule has 6 heteroatoms. The Morgan fingerprint density at radius 1 is 0.744 bits per heavy atom. The summed E-state index contributed by atoms with van der Waals surface area (Å²) in [5.74, 6) is 2.12. The fraction of sp³-hybridized carbons (Fsp3) is 0.216. The van der Waals surface area contributed by atoms with Crippen LogP contribution in [-0.4, -0.2) is 33.9 Å². The lowest BCUT2D eigenvalue weighted by atomic mass is 10.1. The Kier molecular flexibility index (Phi) is 12.6. The second-order valence-corrected chi connectivity index (χ2v) is 12.8. The molecule has 2 aromatic heterocycles. The van der Waals surface area contributed by atoms with Crippen LogP contribution in [0.5, 0.6) is 0 Å². The zero-order valence-corrected chi connectivity index (χ0v) is 27.4. The summed E-state index contributed by atoms with van der Waals surface area (Å²) in [5, 5.41) is 10.2. The van der Waals surface area contributed by atoms with Crippen LogP contribution in [0, 0.1) is 13.8 Å². The first kappa shape index (κ1) is 32.2. The third-order valence-electron chi connectivity index (χ3n) is 7.51. The van der Waals surface area contributed by atoms with Gasteiger partial charge in [-0.05, 0) is 51.1 Å². The lowest BCUT2D eigenvalue weighted by molar-refractivity contribution is -0.571. The summed E-state index contributed by atoms with van der Waals surface area (Å²) in [6, 6.07) is 17.5. The number of hydrogen-bond donors (Lipinski definition) is 2. The molecule has 222 valence electrons. The van der Waals surface area contributed by atoms with E-state index in [0.717, 1.165) is 24.6 Å². The normalized spacial score (nSPS) is 13.1. The number of rotatable bonds is 15. The molecule has 43 heavy (non-hydrogen) atoms. The van der Waals surface area contributed by atoms with Gasteiger partial charge in [-0.25, -0.2) is 0 Å². The third-order valence-corrected chi connectivity index (χ3v) is 9.88. The van der Waals surface area contributed by atoms with E-state index in [-0.39, 0.29) is 0 Å². The smallest absolute Gasteiger partial charge is 0.160 e. The van der Waals surface area contributed by atoms with Gasteiger partial charge in [-0.2, -0.15) is 0 Å². The molecule has 0 aliphatic heterocycles. The summed E-state index contributed by atoms with van der Waals surface area (Å²) in [5.41, 5.74) is 9.04. The molecule has 4 N–H and O–H groups in total. The minimum Gasteiger partial charge on any atom is -0.343 e. The van der Waals surface area contributed by atoms with Crippen molar-refractivity contribution >= 4 is 61.8 Å². The number of nitrogens with zero attached hydrogens (tertiary/aromatic N) is 2. The Morgan fingerprint density at radius 2 is 1.28 bits per heavy atom. The summed E-state index contributed by atoms with van der Waals surface area (Å²) in [7, 11) is 6.02. The number of para-hydroxylation sites is 2. The Balaban J connectivity index is 1.39. The van der Waals surface area contributed by atoms with Crippen LogP contribution in [0.1, 0.15) is 29.4 Å². The monoisotopic (exact) mass is 608 g/mol. The zero-order valence-electron chi connectivity index (χ0n) is 25.7. The van der Waals surface area contributed by atoms with Crippen LogP contribution in [0.25, 0.3) is 34.0 Å². The van der Waals surface area contributed by atoms with E-state index in [1.165, 1.54) is 56.2 Å². The average Bonchev–Trinajstić information content (AvgIpc) is 3.45. The summed E-state index contributed by atoms with van der Waals surface area (Å²) in [6.07, 6.45) is 24.4. The van der Waals surface area contributed by atoms with Crippen molar-refractivity contribution in [2.75, 3.05) is 18.6 Å². The first-order chi connectivity index (χ1) is 21.1. The molecule has 4 aromatic rings. The summed E-state index contributed by atoms with van der Waals surface area (Å²) in [6.45, 7) is 8.50. The maximum atomic E-state index is 5.40. The van der Waals surface area contributed by atoms with Crippen molar-refractivity contribution in [1.29, 1.82) is 0 Å². The van der Waals surface area contributed by atoms with Gasteiger partial charge in [0.1, 0.15) is 5.70 Å². The van der Waals surface area contributed by atoms with E-state index in [0.29, 0.717) is 0 Å². The molecule has 0 bridgehead atoms. The summed E-state index contributed by atoms with van der Waals surface area (Å²) >= 11 is 0. The van der Waals surface area contributed by atoms with Gasteiger partial charge in [0.15, 0.2) is 6.21 Å². The number of likely N-dealkylation sites (N-methyl/N-ethyl adjacent to an activating group) is 1. The Bertz CT molecular complexity index is 1710. The fourth-order valence-corrected chi connectivity index (χ4v) is 7.24. The molecule has 0 aliphatic carbocycles. The van der Waals surface area contributed by atoms with E-state index in [4.69, 9.17) is 5.41 Å². The molecule has 0 spiro atoms. The number of allylic oxidation sites excluding steroid dienone is 9. The average molecular weight is 609 g/mol. The first-order valence-electron chi connectivity index (χ1n) is 14.9. The van der Waals surface area contributed by atoms with Crippen LogP contribution in [0.4, 0.5) is 0 Å². The van der Waals surface area contributed by atoms with Crippen molar-refractivity contribution in [1.82, 2.24) is 9.13 Å². The van der Waals surface area contributed by atoms with Crippen molar-refractivity contribution in [2.24, 2.45) is 0 Å². The molecule has 0 amide bonds. The molecule has 0 fully saturated rings. The maximum Gasteiger partial charge on any atom is 0.160 e. The highest BCUT2D eigenvalue weighted by Gasteiger charge is 2.13. The molecular weight excluding hydrogens is 565 g/mol. The van der Waals surface area contributed by atoms with E-state index >= 15 is 0 Å². The van der Waals surface area contributed by atoms with Gasteiger partial charge in [0, 0.05) is 75.0 Å². The van der Waals surface area contributed by atoms with Crippen molar-refractivity contribution < 1.29 is 10.7 Å². The number of quaternary nitrogens is 1. The van der Waals surface area contributed by atoms with E-state index < -0.39 is 0 Å². The van der Waals surface area contributed by atoms with Crippen molar-refractivity contribution in [3.8, 4) is 0 Å². The van der Waals surface area contributed by atoms with Gasteiger partial charge in [-0.1, -0.05) is 101 Å². The summed E-state index contributed by atoms with van der Waals surface area (Å²) < 4.78 is 4.94. The molecule has 0 saturated heterocycles. The van der Waals surface area contributed by atoms with Gasteiger partial charge in [0.2, 0.25) is 0 Å². The van der Waals surface area contributed by atoms with Gasteiger partial charge >= 0.3 is 0 Å². The van der Waals surface area contributed by atoms with Crippen molar-refractivity contribution in [3.05, 3.63) is 131 Å². The van der Waals surface area contributed by atoms with Crippen LogP contribution in [-0.2, 0) is 13.1 Å². The highest BCUT2D eigenvalue weighted by Crippen LogP contribution is 2.31. The number of benzene rings is 2. The molecule has 0 saturated carbocycles. The van der Waals surface area contributed by atoms with Crippen LogP contribution in [0.2, 0.25) is 0 Å². The standard InChI is InChI=1S/C37H42N4S2/c1-5-6-16-31(39-4)22-23-33-30(3)41(37-21-14-12-19-35(33)37)26-28-43-42-27-25-40-29(2)32(17-10-8-7-9-15-24-38)34-18-11-13-20-36(34)40/h5-24,38-39H,25-28H2,1-4H3/p+2/b6-5-,8-7+,15-9-,17-10+,23-22+,31-16-,38-24?. The van der Waals surface area contributed by atoms with Crippen LogP contribution in [0.15, 0.2) is 109 Å². The van der Waals surface area contributed by atoms with Crippen molar-refractivity contribution in [3.63, 3.8) is 0 Å². The number of hydrogen-bond acceptors (Lipinski definition) is 2. The second-order valence-electron chi connectivity index (χ2n) is 10.1. The highest BCUT2D eigenvalue weighted by molar-refractivity contribution is 8.76. The summed E-state index contributed by atoms with van der Waals surface area (Å²) in [4.78, 5) is 0. The molecule has 0 atom stereocenters. The zero-order chi connectivity index (χ0) is 30.4. The molecule has 2 heterocycles. The molecular formula is C37H44N4S2+2. The largest absolute Gasteiger partial charge is 0.343 e. The van der Waals surface area contributed by atoms with E-state index in [1.54, 1.807) is 0 Å². The minimum atomic E-state index is 0.987. The molecule has 0 radical (unpaired) electrons. The van der Waals surface area contributed by atoms with Crippen LogP contribution < -0.4 is 10.7 Å². The molecule has 0 aliphatic rings. The predicted octanol–water partition coefficient (Wildman–Crippen LogP) is 6.92. The third kappa shape index (κ3) is 8.23. The van der Waals surface area contributed by atoms with Crippen LogP contribution >= 0.6 is 21.6 Å². The Morgan fingerprint density at radius 3 is 1.84 bits per heavy atom. The molecule has 2 aromatic carbocycles. The lowest BCUT2D eigenvalue weighted by Crippen LogP contribution is -2.76. The highest BCUT2D eigenvalue weighted by atomic mass is 33.1. The Labute approximate surface area is 264 Å². The molecule has 4 nitrogen and oxygen atoms in total. The SMILES string of the molecule is C\C=C/C=C(/C=C/c1c(C)n(CCSSCCn2c(C)c(/C=C/C=C/C=C\C=[NH2+])c3ccccc32)c2ccccc12)[NH2+]C. The topological polar surface area (TPSA) is 52.1 Å². The van der Waals surface area contributed by atoms with Gasteiger partial charge in [-0.15, -0.1) is 0 Å². The predicted molar refractivity (Wildman–Crippen MR) is 193 cm³/mol. The number of aryl methyl sites for hydroxylation is 2. The van der Waals surface area contributed by atoms with Crippen LogP contribution in [0.3, 0.4) is 0 Å². The first-order valence-corrected chi connectivity index (χ1v) is 17.3. The molecule has 0 unspecified atom stereocenters. The number of fused-ring (bicyclic) bond motifs is 2.